The van der Waals surface area contributed by atoms with Crippen LogP contribution in [-0.4, -0.2) is 66.2 Å². The van der Waals surface area contributed by atoms with Crippen molar-refractivity contribution in [2.24, 2.45) is 12.0 Å². The van der Waals surface area contributed by atoms with Gasteiger partial charge < -0.3 is 19.7 Å². The van der Waals surface area contributed by atoms with E-state index in [0.717, 1.165) is 50.8 Å². The average molecular weight is 435 g/mol. The predicted molar refractivity (Wildman–Crippen MR) is 99.1 cm³/mol. The Hall–Kier alpha value is -0.870. The molecule has 1 aromatic heterocycles. The first kappa shape index (κ1) is 18.5. The summed E-state index contributed by atoms with van der Waals surface area (Å²) >= 11 is 0. The topological polar surface area (TPSA) is 63.9 Å². The zero-order valence-corrected chi connectivity index (χ0v) is 16.1. The molecule has 0 radical (unpaired) electrons. The van der Waals surface area contributed by atoms with E-state index in [0.29, 0.717) is 6.54 Å². The van der Waals surface area contributed by atoms with Gasteiger partial charge in [0.2, 0.25) is 0 Å². The van der Waals surface area contributed by atoms with Crippen LogP contribution in [0.2, 0.25) is 0 Å². The normalized spacial score (nSPS) is 25.3. The van der Waals surface area contributed by atoms with Gasteiger partial charge in [-0.2, -0.15) is 5.10 Å². The lowest BCUT2D eigenvalue weighted by atomic mass is 10.1. The third-order valence-electron chi connectivity index (χ3n) is 4.33. The minimum Gasteiger partial charge on any atom is -0.375 e. The fraction of sp³-hybridized carbons (Fsp3) is 0.733. The number of guanidine groups is 1. The van der Waals surface area contributed by atoms with Crippen molar-refractivity contribution in [1.82, 2.24) is 20.0 Å². The Morgan fingerprint density at radius 2 is 2.22 bits per heavy atom. The molecule has 1 N–H and O–H groups in total. The van der Waals surface area contributed by atoms with Crippen LogP contribution < -0.4 is 5.32 Å². The van der Waals surface area contributed by atoms with Crippen molar-refractivity contribution >= 4 is 29.9 Å². The summed E-state index contributed by atoms with van der Waals surface area (Å²) in [6.45, 7) is 3.98. The minimum atomic E-state index is 0. The zero-order valence-electron chi connectivity index (χ0n) is 13.8. The van der Waals surface area contributed by atoms with Crippen LogP contribution in [0.15, 0.2) is 17.3 Å². The van der Waals surface area contributed by atoms with Gasteiger partial charge in [0, 0.05) is 40.0 Å². The number of rotatable bonds is 3. The number of aryl methyl sites for hydroxylation is 1. The molecule has 0 spiro atoms. The molecule has 0 amide bonds. The molecule has 23 heavy (non-hydrogen) atoms. The van der Waals surface area contributed by atoms with Crippen LogP contribution in [0.25, 0.3) is 0 Å². The van der Waals surface area contributed by atoms with Gasteiger partial charge >= 0.3 is 0 Å². The molecule has 2 fully saturated rings. The van der Waals surface area contributed by atoms with Crippen molar-refractivity contribution in [1.29, 1.82) is 0 Å². The molecule has 3 heterocycles. The Balaban J connectivity index is 0.00000192. The maximum atomic E-state index is 5.89. The standard InChI is InChI=1S/C15H25N5O2.HI/c1-16-15(17-10-12-5-6-18-19(12)2)20-7-9-22-14(11-20)13-4-3-8-21-13;/h5-6,13-14H,3-4,7-11H2,1-2H3,(H,16,17);1H. The molecule has 2 unspecified atom stereocenters. The summed E-state index contributed by atoms with van der Waals surface area (Å²) in [5.41, 5.74) is 1.13. The van der Waals surface area contributed by atoms with Crippen LogP contribution in [0, 0.1) is 0 Å². The highest BCUT2D eigenvalue weighted by atomic mass is 127. The van der Waals surface area contributed by atoms with Gasteiger partial charge in [0.15, 0.2) is 5.96 Å². The summed E-state index contributed by atoms with van der Waals surface area (Å²) < 4.78 is 13.5. The third-order valence-corrected chi connectivity index (χ3v) is 4.33. The molecular formula is C15H26IN5O2. The van der Waals surface area contributed by atoms with Crippen molar-refractivity contribution in [2.45, 2.75) is 31.6 Å². The molecule has 0 aliphatic carbocycles. The first-order valence-electron chi connectivity index (χ1n) is 7.93. The van der Waals surface area contributed by atoms with E-state index in [1.165, 1.54) is 0 Å². The van der Waals surface area contributed by atoms with E-state index in [-0.39, 0.29) is 36.2 Å². The Labute approximate surface area is 154 Å². The van der Waals surface area contributed by atoms with Gasteiger partial charge in [-0.05, 0) is 18.9 Å². The number of aliphatic imine (C=N–C) groups is 1. The summed E-state index contributed by atoms with van der Waals surface area (Å²) in [6.07, 6.45) is 4.42. The quantitative estimate of drug-likeness (QED) is 0.436. The summed E-state index contributed by atoms with van der Waals surface area (Å²) in [5.74, 6) is 0.910. The summed E-state index contributed by atoms with van der Waals surface area (Å²) in [7, 11) is 3.77. The molecule has 130 valence electrons. The Kier molecular flexibility index (Phi) is 7.09. The van der Waals surface area contributed by atoms with Crippen LogP contribution >= 0.6 is 24.0 Å². The van der Waals surface area contributed by atoms with Gasteiger partial charge in [0.1, 0.15) is 6.10 Å². The van der Waals surface area contributed by atoms with E-state index >= 15 is 0 Å². The largest absolute Gasteiger partial charge is 0.375 e. The molecular weight excluding hydrogens is 409 g/mol. The molecule has 7 nitrogen and oxygen atoms in total. The minimum absolute atomic E-state index is 0. The average Bonchev–Trinajstić information content (AvgIpc) is 3.20. The monoisotopic (exact) mass is 435 g/mol. The number of hydrogen-bond donors (Lipinski definition) is 1. The highest BCUT2D eigenvalue weighted by molar-refractivity contribution is 14.0. The summed E-state index contributed by atoms with van der Waals surface area (Å²) in [4.78, 5) is 6.66. The Bertz CT molecular complexity index is 516. The van der Waals surface area contributed by atoms with Gasteiger partial charge in [0.05, 0.1) is 24.9 Å². The highest BCUT2D eigenvalue weighted by Crippen LogP contribution is 2.21. The van der Waals surface area contributed by atoms with E-state index in [4.69, 9.17) is 9.47 Å². The molecule has 0 saturated carbocycles. The third kappa shape index (κ3) is 4.57. The second-order valence-electron chi connectivity index (χ2n) is 5.75. The number of morpholine rings is 1. The van der Waals surface area contributed by atoms with Crippen molar-refractivity contribution in [3.63, 3.8) is 0 Å². The summed E-state index contributed by atoms with van der Waals surface area (Å²) in [6, 6.07) is 2.01. The second-order valence-corrected chi connectivity index (χ2v) is 5.75. The lowest BCUT2D eigenvalue weighted by molar-refractivity contribution is -0.0817. The van der Waals surface area contributed by atoms with E-state index < -0.39 is 0 Å². The fourth-order valence-corrected chi connectivity index (χ4v) is 3.07. The van der Waals surface area contributed by atoms with E-state index in [1.807, 2.05) is 31.0 Å². The van der Waals surface area contributed by atoms with Crippen molar-refractivity contribution < 1.29 is 9.47 Å². The number of hydrogen-bond acceptors (Lipinski definition) is 4. The Morgan fingerprint density at radius 3 is 2.87 bits per heavy atom. The first-order valence-corrected chi connectivity index (χ1v) is 7.93. The Morgan fingerprint density at radius 1 is 1.39 bits per heavy atom. The fourth-order valence-electron chi connectivity index (χ4n) is 3.07. The molecule has 0 aromatic carbocycles. The summed E-state index contributed by atoms with van der Waals surface area (Å²) in [5, 5.41) is 7.60. The van der Waals surface area contributed by atoms with E-state index in [9.17, 15) is 0 Å². The maximum Gasteiger partial charge on any atom is 0.194 e. The smallest absolute Gasteiger partial charge is 0.194 e. The van der Waals surface area contributed by atoms with Crippen molar-refractivity contribution in [2.75, 3.05) is 33.4 Å². The molecule has 2 atom stereocenters. The highest BCUT2D eigenvalue weighted by Gasteiger charge is 2.32. The van der Waals surface area contributed by atoms with Crippen molar-refractivity contribution in [3.05, 3.63) is 18.0 Å². The number of nitrogens with zero attached hydrogens (tertiary/aromatic N) is 4. The lowest BCUT2D eigenvalue weighted by Crippen LogP contribution is -2.53. The van der Waals surface area contributed by atoms with Crippen LogP contribution in [-0.2, 0) is 23.1 Å². The lowest BCUT2D eigenvalue weighted by Gasteiger charge is -2.37. The SMILES string of the molecule is CN=C(NCc1ccnn1C)N1CCOC(C2CCCO2)C1.I. The predicted octanol–water partition coefficient (Wildman–Crippen LogP) is 0.993. The van der Waals surface area contributed by atoms with Crippen LogP contribution in [0.1, 0.15) is 18.5 Å². The van der Waals surface area contributed by atoms with Gasteiger partial charge in [-0.1, -0.05) is 0 Å². The number of nitrogens with one attached hydrogen (secondary N) is 1. The molecule has 2 saturated heterocycles. The van der Waals surface area contributed by atoms with Crippen molar-refractivity contribution in [3.8, 4) is 0 Å². The molecule has 2 aliphatic rings. The van der Waals surface area contributed by atoms with Gasteiger partial charge in [-0.15, -0.1) is 24.0 Å². The molecule has 3 rings (SSSR count). The van der Waals surface area contributed by atoms with E-state index in [1.54, 1.807) is 0 Å². The maximum absolute atomic E-state index is 5.89. The van der Waals surface area contributed by atoms with Crippen LogP contribution in [0.3, 0.4) is 0 Å². The van der Waals surface area contributed by atoms with Gasteiger partial charge in [-0.3, -0.25) is 9.67 Å². The van der Waals surface area contributed by atoms with Gasteiger partial charge in [-0.25, -0.2) is 0 Å². The second kappa shape index (κ2) is 8.84. The molecule has 8 heteroatoms. The van der Waals surface area contributed by atoms with Crippen LogP contribution in [0.5, 0.6) is 0 Å². The number of aromatic nitrogens is 2. The molecule has 2 aliphatic heterocycles. The number of ether oxygens (including phenoxy) is 2. The zero-order chi connectivity index (χ0) is 15.4. The molecule has 0 bridgehead atoms. The first-order chi connectivity index (χ1) is 10.8. The van der Waals surface area contributed by atoms with E-state index in [2.05, 4.69) is 20.3 Å². The number of halogens is 1. The van der Waals surface area contributed by atoms with Crippen LogP contribution in [0.4, 0.5) is 0 Å². The molecule has 1 aromatic rings. The van der Waals surface area contributed by atoms with Gasteiger partial charge in [0.25, 0.3) is 0 Å².